The van der Waals surface area contributed by atoms with Gasteiger partial charge in [0.25, 0.3) is 0 Å². The number of alkyl halides is 2. The van der Waals surface area contributed by atoms with Gasteiger partial charge < -0.3 is 15.2 Å². The molecule has 0 bridgehead atoms. The summed E-state index contributed by atoms with van der Waals surface area (Å²) in [4.78, 5) is 3.87. The summed E-state index contributed by atoms with van der Waals surface area (Å²) in [7, 11) is 1.54. The van der Waals surface area contributed by atoms with Crippen LogP contribution in [-0.2, 0) is 6.61 Å². The Labute approximate surface area is 121 Å². The molecule has 2 rings (SSSR count). The Kier molecular flexibility index (Phi) is 4.74. The first-order valence-electron chi connectivity index (χ1n) is 6.39. The van der Waals surface area contributed by atoms with Gasteiger partial charge >= 0.3 is 6.55 Å². The van der Waals surface area contributed by atoms with E-state index in [0.717, 1.165) is 10.1 Å². The van der Waals surface area contributed by atoms with Crippen molar-refractivity contribution in [2.45, 2.75) is 26.1 Å². The quantitative estimate of drug-likeness (QED) is 0.890. The van der Waals surface area contributed by atoms with Gasteiger partial charge in [-0.1, -0.05) is 6.07 Å². The van der Waals surface area contributed by atoms with Crippen LogP contribution in [0.15, 0.2) is 30.6 Å². The second kappa shape index (κ2) is 6.53. The van der Waals surface area contributed by atoms with Crippen molar-refractivity contribution in [2.75, 3.05) is 7.11 Å². The topological polar surface area (TPSA) is 62.3 Å². The van der Waals surface area contributed by atoms with Crippen molar-refractivity contribution in [3.05, 3.63) is 42.0 Å². The smallest absolute Gasteiger partial charge is 0.320 e. The van der Waals surface area contributed by atoms with Crippen LogP contribution in [0.25, 0.3) is 0 Å². The molecule has 7 heteroatoms. The average Bonchev–Trinajstić information content (AvgIpc) is 2.93. The molecule has 1 aromatic heterocycles. The highest BCUT2D eigenvalue weighted by Crippen LogP contribution is 2.29. The van der Waals surface area contributed by atoms with Crippen LogP contribution in [0.5, 0.6) is 11.5 Å². The highest BCUT2D eigenvalue weighted by atomic mass is 19.3. The molecule has 1 atom stereocenters. The first-order chi connectivity index (χ1) is 10.0. The number of nitrogens with zero attached hydrogens (tertiary/aromatic N) is 2. The molecule has 0 spiro atoms. The van der Waals surface area contributed by atoms with Gasteiger partial charge in [0.15, 0.2) is 5.82 Å². The van der Waals surface area contributed by atoms with Crippen molar-refractivity contribution >= 4 is 0 Å². The summed E-state index contributed by atoms with van der Waals surface area (Å²) < 4.78 is 37.0. The number of hydrogen-bond donors (Lipinski definition) is 1. The number of aromatic nitrogens is 2. The van der Waals surface area contributed by atoms with Gasteiger partial charge in [-0.25, -0.2) is 4.98 Å². The lowest BCUT2D eigenvalue weighted by Crippen LogP contribution is -2.11. The van der Waals surface area contributed by atoms with Gasteiger partial charge in [-0.05, 0) is 13.0 Å². The Balaban J connectivity index is 2.20. The third-order valence-electron chi connectivity index (χ3n) is 3.03. The molecule has 0 radical (unpaired) electrons. The highest BCUT2D eigenvalue weighted by molar-refractivity contribution is 5.42. The summed E-state index contributed by atoms with van der Waals surface area (Å²) in [5.41, 5.74) is 6.64. The maximum absolute atomic E-state index is 12.7. The Hall–Kier alpha value is -2.15. The molecule has 0 saturated heterocycles. The van der Waals surface area contributed by atoms with E-state index in [4.69, 9.17) is 15.2 Å². The van der Waals surface area contributed by atoms with Gasteiger partial charge in [0, 0.05) is 30.1 Å². The van der Waals surface area contributed by atoms with Crippen LogP contribution in [0.1, 0.15) is 30.9 Å². The molecule has 2 aromatic rings. The van der Waals surface area contributed by atoms with E-state index in [1.807, 2.05) is 6.92 Å². The number of benzene rings is 1. The number of nitrogens with two attached hydrogens (primary N) is 1. The van der Waals surface area contributed by atoms with Gasteiger partial charge in [-0.2, -0.15) is 8.78 Å². The molecule has 0 amide bonds. The number of halogens is 2. The molecular formula is C14H17F2N3O2. The minimum absolute atomic E-state index is 0.0791. The second-order valence-corrected chi connectivity index (χ2v) is 4.51. The Bertz CT molecular complexity index is 600. The molecule has 114 valence electrons. The van der Waals surface area contributed by atoms with Gasteiger partial charge in [0.2, 0.25) is 0 Å². The molecule has 5 nitrogen and oxygen atoms in total. The largest absolute Gasteiger partial charge is 0.497 e. The molecule has 1 heterocycles. The monoisotopic (exact) mass is 297 g/mol. The van der Waals surface area contributed by atoms with Crippen LogP contribution in [0.3, 0.4) is 0 Å². The van der Waals surface area contributed by atoms with Crippen molar-refractivity contribution < 1.29 is 18.3 Å². The van der Waals surface area contributed by atoms with Crippen LogP contribution >= 0.6 is 0 Å². The number of methoxy groups -OCH3 is 1. The third-order valence-corrected chi connectivity index (χ3v) is 3.03. The summed E-state index contributed by atoms with van der Waals surface area (Å²) >= 11 is 0. The molecular weight excluding hydrogens is 280 g/mol. The number of hydrogen-bond acceptors (Lipinski definition) is 4. The molecule has 0 aliphatic heterocycles. The van der Waals surface area contributed by atoms with Gasteiger partial charge in [0.1, 0.15) is 18.1 Å². The van der Waals surface area contributed by atoms with Crippen molar-refractivity contribution in [2.24, 2.45) is 5.73 Å². The molecule has 21 heavy (non-hydrogen) atoms. The minimum atomic E-state index is -2.65. The van der Waals surface area contributed by atoms with Crippen LogP contribution in [0.4, 0.5) is 8.78 Å². The average molecular weight is 297 g/mol. The summed E-state index contributed by atoms with van der Waals surface area (Å²) in [5, 5.41) is 0. The van der Waals surface area contributed by atoms with Gasteiger partial charge in [-0.15, -0.1) is 0 Å². The first kappa shape index (κ1) is 15.2. The maximum Gasteiger partial charge on any atom is 0.320 e. The SMILES string of the molecule is COc1ccc(C(C)N)c(OCc2nccn2C(F)F)c1. The van der Waals surface area contributed by atoms with E-state index >= 15 is 0 Å². The van der Waals surface area contributed by atoms with E-state index in [9.17, 15) is 8.78 Å². The van der Waals surface area contributed by atoms with Gasteiger partial charge in [0.05, 0.1) is 7.11 Å². The van der Waals surface area contributed by atoms with Crippen LogP contribution < -0.4 is 15.2 Å². The van der Waals surface area contributed by atoms with E-state index in [2.05, 4.69) is 4.98 Å². The number of rotatable bonds is 6. The van der Waals surface area contributed by atoms with E-state index < -0.39 is 6.55 Å². The third kappa shape index (κ3) is 3.49. The molecule has 1 unspecified atom stereocenters. The number of ether oxygens (including phenoxy) is 2. The summed E-state index contributed by atoms with van der Waals surface area (Å²) in [6.45, 7) is -0.914. The lowest BCUT2D eigenvalue weighted by molar-refractivity contribution is 0.0632. The van der Waals surface area contributed by atoms with E-state index in [0.29, 0.717) is 11.5 Å². The fraction of sp³-hybridized carbons (Fsp3) is 0.357. The van der Waals surface area contributed by atoms with Crippen LogP contribution in [0.2, 0.25) is 0 Å². The fourth-order valence-electron chi connectivity index (χ4n) is 1.92. The number of imidazole rings is 1. The second-order valence-electron chi connectivity index (χ2n) is 4.51. The molecule has 0 fully saturated rings. The lowest BCUT2D eigenvalue weighted by atomic mass is 10.1. The van der Waals surface area contributed by atoms with E-state index in [1.165, 1.54) is 19.5 Å². The molecule has 0 aliphatic rings. The van der Waals surface area contributed by atoms with Crippen LogP contribution in [-0.4, -0.2) is 16.7 Å². The Morgan fingerprint density at radius 3 is 2.76 bits per heavy atom. The minimum Gasteiger partial charge on any atom is -0.497 e. The molecule has 0 saturated carbocycles. The molecule has 2 N–H and O–H groups in total. The van der Waals surface area contributed by atoms with E-state index in [-0.39, 0.29) is 18.5 Å². The lowest BCUT2D eigenvalue weighted by Gasteiger charge is -2.15. The van der Waals surface area contributed by atoms with Crippen molar-refractivity contribution in [3.8, 4) is 11.5 Å². The normalized spacial score (nSPS) is 12.5. The summed E-state index contributed by atoms with van der Waals surface area (Å²) in [6, 6.07) is 4.99. The summed E-state index contributed by atoms with van der Waals surface area (Å²) in [5.74, 6) is 1.24. The predicted octanol–water partition coefficient (Wildman–Crippen LogP) is 2.89. The zero-order chi connectivity index (χ0) is 15.4. The maximum atomic E-state index is 12.7. The van der Waals surface area contributed by atoms with Crippen molar-refractivity contribution in [3.63, 3.8) is 0 Å². The van der Waals surface area contributed by atoms with E-state index in [1.54, 1.807) is 18.2 Å². The summed E-state index contributed by atoms with van der Waals surface area (Å²) in [6.07, 6.45) is 2.52. The van der Waals surface area contributed by atoms with Gasteiger partial charge in [-0.3, -0.25) is 4.57 Å². The van der Waals surface area contributed by atoms with Crippen molar-refractivity contribution in [1.29, 1.82) is 0 Å². The van der Waals surface area contributed by atoms with Crippen molar-refractivity contribution in [1.82, 2.24) is 9.55 Å². The first-order valence-corrected chi connectivity index (χ1v) is 6.39. The molecule has 0 aliphatic carbocycles. The zero-order valence-electron chi connectivity index (χ0n) is 11.8. The van der Waals surface area contributed by atoms with Crippen LogP contribution in [0, 0.1) is 0 Å². The Morgan fingerprint density at radius 1 is 1.38 bits per heavy atom. The predicted molar refractivity (Wildman–Crippen MR) is 73.4 cm³/mol. The standard InChI is InChI=1S/C14H17F2N3O2/c1-9(17)11-4-3-10(20-2)7-12(11)21-8-13-18-5-6-19(13)14(15)16/h3-7,9,14H,8,17H2,1-2H3. The fourth-order valence-corrected chi connectivity index (χ4v) is 1.92. The molecule has 1 aromatic carbocycles. The Morgan fingerprint density at radius 2 is 2.14 bits per heavy atom. The highest BCUT2D eigenvalue weighted by Gasteiger charge is 2.14. The zero-order valence-corrected chi connectivity index (χ0v) is 11.8.